The zero-order valence-corrected chi connectivity index (χ0v) is 16.6. The summed E-state index contributed by atoms with van der Waals surface area (Å²) < 4.78 is 0. The fourth-order valence-electron chi connectivity index (χ4n) is 3.07. The lowest BCUT2D eigenvalue weighted by Crippen LogP contribution is -2.40. The molecule has 1 aliphatic rings. The lowest BCUT2D eigenvalue weighted by atomic mass is 10.0. The van der Waals surface area contributed by atoms with Gasteiger partial charge in [0.25, 0.3) is 0 Å². The van der Waals surface area contributed by atoms with Crippen LogP contribution in [0.1, 0.15) is 31.9 Å². The minimum Gasteiger partial charge on any atom is -0.354 e. The highest BCUT2D eigenvalue weighted by atomic mass is 35.5. The van der Waals surface area contributed by atoms with Crippen LogP contribution in [0.5, 0.6) is 0 Å². The third-order valence-electron chi connectivity index (χ3n) is 4.42. The molecule has 0 aromatic heterocycles. The van der Waals surface area contributed by atoms with Gasteiger partial charge in [-0.1, -0.05) is 43.6 Å². The average Bonchev–Trinajstić information content (AvgIpc) is 3.06. The van der Waals surface area contributed by atoms with E-state index < -0.39 is 0 Å². The molecule has 1 saturated heterocycles. The summed E-state index contributed by atoms with van der Waals surface area (Å²) in [5.41, 5.74) is 1.08. The maximum atomic E-state index is 12.3. The number of nitrogens with one attached hydrogen (secondary N) is 2. The molecular weight excluding hydrogens is 369 g/mol. The highest BCUT2D eigenvalue weighted by Crippen LogP contribution is 2.27. The molecule has 7 heteroatoms. The van der Waals surface area contributed by atoms with E-state index >= 15 is 0 Å². The van der Waals surface area contributed by atoms with Gasteiger partial charge in [0.1, 0.15) is 0 Å². The summed E-state index contributed by atoms with van der Waals surface area (Å²) in [4.78, 5) is 14.6. The first kappa shape index (κ1) is 23.5. The lowest BCUT2D eigenvalue weighted by Gasteiger charge is -2.31. The van der Waals surface area contributed by atoms with Gasteiger partial charge in [0, 0.05) is 18.1 Å². The van der Waals surface area contributed by atoms with Crippen LogP contribution in [0.4, 0.5) is 0 Å². The first-order chi connectivity index (χ1) is 10.7. The smallest absolute Gasteiger partial charge is 0.224 e. The molecule has 1 fully saturated rings. The summed E-state index contributed by atoms with van der Waals surface area (Å²) in [6.45, 7) is 8.43. The summed E-state index contributed by atoms with van der Waals surface area (Å²) >= 11 is 6.37. The molecule has 1 aromatic carbocycles. The maximum absolute atomic E-state index is 12.3. The van der Waals surface area contributed by atoms with E-state index in [4.69, 9.17) is 11.6 Å². The lowest BCUT2D eigenvalue weighted by molar-refractivity contribution is -0.124. The molecule has 0 saturated carbocycles. The van der Waals surface area contributed by atoms with Crippen molar-refractivity contribution in [3.05, 3.63) is 34.9 Å². The van der Waals surface area contributed by atoms with E-state index in [0.717, 1.165) is 43.2 Å². The predicted octanol–water partition coefficient (Wildman–Crippen LogP) is 3.29. The summed E-state index contributed by atoms with van der Waals surface area (Å²) in [6, 6.07) is 8.01. The average molecular weight is 397 g/mol. The number of amides is 1. The van der Waals surface area contributed by atoms with Crippen molar-refractivity contribution in [3.8, 4) is 0 Å². The van der Waals surface area contributed by atoms with Gasteiger partial charge in [-0.2, -0.15) is 0 Å². The number of carbonyl (C=O) groups excluding carboxylic acids is 1. The second-order valence-electron chi connectivity index (χ2n) is 5.69. The fraction of sp³-hybridized carbons (Fsp3) is 0.588. The van der Waals surface area contributed by atoms with Crippen molar-refractivity contribution in [2.45, 2.75) is 26.3 Å². The number of rotatable bonds is 7. The highest BCUT2D eigenvalue weighted by molar-refractivity contribution is 6.31. The first-order valence-electron chi connectivity index (χ1n) is 8.14. The molecule has 2 atom stereocenters. The monoisotopic (exact) mass is 395 g/mol. The maximum Gasteiger partial charge on any atom is 0.224 e. The Morgan fingerprint density at radius 3 is 2.54 bits per heavy atom. The molecule has 138 valence electrons. The fourth-order valence-corrected chi connectivity index (χ4v) is 3.33. The van der Waals surface area contributed by atoms with Crippen LogP contribution in [-0.4, -0.2) is 43.5 Å². The highest BCUT2D eigenvalue weighted by Gasteiger charge is 2.25. The van der Waals surface area contributed by atoms with Crippen molar-refractivity contribution < 1.29 is 4.79 Å². The number of benzene rings is 1. The van der Waals surface area contributed by atoms with E-state index in [1.165, 1.54) is 0 Å². The molecule has 1 amide bonds. The number of halogens is 3. The topological polar surface area (TPSA) is 44.4 Å². The standard InChI is InChI=1S/C17H26ClN3O.2ClH/c1-3-21(4-2)16(14-7-5-6-8-15(14)18)12-20-17(22)13-9-10-19-11-13;;/h5-8,13,16,19H,3-4,9-12H2,1-2H3,(H,20,22);2*1H. The minimum absolute atomic E-state index is 0. The second kappa shape index (κ2) is 11.9. The first-order valence-corrected chi connectivity index (χ1v) is 8.52. The van der Waals surface area contributed by atoms with Gasteiger partial charge < -0.3 is 10.6 Å². The Balaban J connectivity index is 0.00000264. The SMILES string of the molecule is CCN(CC)C(CNC(=O)C1CCNC1)c1ccccc1Cl.Cl.Cl. The number of nitrogens with zero attached hydrogens (tertiary/aromatic N) is 1. The van der Waals surface area contributed by atoms with Crippen LogP contribution in [0.15, 0.2) is 24.3 Å². The normalized spacial score (nSPS) is 17.8. The molecule has 2 rings (SSSR count). The van der Waals surface area contributed by atoms with E-state index in [1.807, 2.05) is 18.2 Å². The van der Waals surface area contributed by atoms with Crippen molar-refractivity contribution >= 4 is 42.3 Å². The summed E-state index contributed by atoms with van der Waals surface area (Å²) in [5, 5.41) is 7.12. The van der Waals surface area contributed by atoms with Crippen molar-refractivity contribution in [1.82, 2.24) is 15.5 Å². The van der Waals surface area contributed by atoms with Gasteiger partial charge in [-0.15, -0.1) is 24.8 Å². The van der Waals surface area contributed by atoms with Gasteiger partial charge in [-0.25, -0.2) is 0 Å². The Bertz CT molecular complexity index is 492. The number of likely N-dealkylation sites (N-methyl/N-ethyl adjacent to an activating group) is 1. The van der Waals surface area contributed by atoms with Gasteiger partial charge in [0.05, 0.1) is 12.0 Å². The molecule has 4 nitrogen and oxygen atoms in total. The molecule has 0 spiro atoms. The Morgan fingerprint density at radius 1 is 1.33 bits per heavy atom. The zero-order chi connectivity index (χ0) is 15.9. The summed E-state index contributed by atoms with van der Waals surface area (Å²) in [6.07, 6.45) is 0.924. The molecule has 1 aliphatic heterocycles. The van der Waals surface area contributed by atoms with Gasteiger partial charge in [-0.3, -0.25) is 9.69 Å². The van der Waals surface area contributed by atoms with Crippen LogP contribution in [-0.2, 0) is 4.79 Å². The largest absolute Gasteiger partial charge is 0.354 e. The van der Waals surface area contributed by atoms with Crippen LogP contribution in [0.25, 0.3) is 0 Å². The Kier molecular flexibility index (Phi) is 11.7. The molecule has 2 N–H and O–H groups in total. The molecule has 24 heavy (non-hydrogen) atoms. The number of hydrogen-bond acceptors (Lipinski definition) is 3. The zero-order valence-electron chi connectivity index (χ0n) is 14.3. The van der Waals surface area contributed by atoms with Crippen molar-refractivity contribution in [3.63, 3.8) is 0 Å². The predicted molar refractivity (Wildman–Crippen MR) is 106 cm³/mol. The summed E-state index contributed by atoms with van der Waals surface area (Å²) in [7, 11) is 0. The van der Waals surface area contributed by atoms with Gasteiger partial charge in [-0.05, 0) is 37.7 Å². The number of hydrogen-bond donors (Lipinski definition) is 2. The number of carbonyl (C=O) groups is 1. The molecule has 2 unspecified atom stereocenters. The van der Waals surface area contributed by atoms with E-state index in [1.54, 1.807) is 0 Å². The van der Waals surface area contributed by atoms with Gasteiger partial charge in [0.15, 0.2) is 0 Å². The molecule has 1 aromatic rings. The minimum atomic E-state index is 0. The third-order valence-corrected chi connectivity index (χ3v) is 4.76. The van der Waals surface area contributed by atoms with Crippen molar-refractivity contribution in [1.29, 1.82) is 0 Å². The van der Waals surface area contributed by atoms with Gasteiger partial charge >= 0.3 is 0 Å². The van der Waals surface area contributed by atoms with Crippen LogP contribution in [0.3, 0.4) is 0 Å². The molecule has 0 radical (unpaired) electrons. The van der Waals surface area contributed by atoms with Gasteiger partial charge in [0.2, 0.25) is 5.91 Å². The molecule has 1 heterocycles. The third kappa shape index (κ3) is 6.08. The van der Waals surface area contributed by atoms with E-state index in [-0.39, 0.29) is 42.7 Å². The molecule has 0 bridgehead atoms. The van der Waals surface area contributed by atoms with E-state index in [0.29, 0.717) is 6.54 Å². The van der Waals surface area contributed by atoms with Crippen molar-refractivity contribution in [2.75, 3.05) is 32.7 Å². The van der Waals surface area contributed by atoms with Crippen molar-refractivity contribution in [2.24, 2.45) is 5.92 Å². The molecule has 0 aliphatic carbocycles. The quantitative estimate of drug-likeness (QED) is 0.743. The Morgan fingerprint density at radius 2 is 2.00 bits per heavy atom. The van der Waals surface area contributed by atoms with Crippen LogP contribution in [0, 0.1) is 5.92 Å². The van der Waals surface area contributed by atoms with E-state index in [9.17, 15) is 4.79 Å². The van der Waals surface area contributed by atoms with Crippen LogP contribution in [0.2, 0.25) is 5.02 Å². The Hall–Kier alpha value is -0.520. The van der Waals surface area contributed by atoms with Crippen LogP contribution < -0.4 is 10.6 Å². The second-order valence-corrected chi connectivity index (χ2v) is 6.10. The van der Waals surface area contributed by atoms with Crippen LogP contribution >= 0.6 is 36.4 Å². The van der Waals surface area contributed by atoms with E-state index in [2.05, 4.69) is 35.4 Å². The molecular formula is C17H28Cl3N3O. The Labute approximate surface area is 162 Å². The summed E-state index contributed by atoms with van der Waals surface area (Å²) in [5.74, 6) is 0.248.